The van der Waals surface area contributed by atoms with Crippen LogP contribution in [0.4, 0.5) is 0 Å². The van der Waals surface area contributed by atoms with Gasteiger partial charge in [-0.15, -0.1) is 0 Å². The van der Waals surface area contributed by atoms with Crippen LogP contribution in [0.25, 0.3) is 65.7 Å². The lowest BCUT2D eigenvalue weighted by Crippen LogP contribution is -2.90. The molecule has 1 aliphatic heterocycles. The van der Waals surface area contributed by atoms with Gasteiger partial charge in [-0.05, 0) is 71.8 Å². The van der Waals surface area contributed by atoms with Gasteiger partial charge in [0.2, 0.25) is 6.17 Å². The maximum atomic E-state index is 5.23. The first kappa shape index (κ1) is 31.9. The van der Waals surface area contributed by atoms with Crippen molar-refractivity contribution in [1.29, 1.82) is 0 Å². The van der Waals surface area contributed by atoms with E-state index in [0.717, 1.165) is 11.4 Å². The lowest BCUT2D eigenvalue weighted by Gasteiger charge is -2.29. The third kappa shape index (κ3) is 5.91. The van der Waals surface area contributed by atoms with Crippen molar-refractivity contribution in [2.75, 3.05) is 0 Å². The summed E-state index contributed by atoms with van der Waals surface area (Å²) in [6.45, 7) is 0. The first-order valence-electron chi connectivity index (χ1n) is 18.7. The lowest BCUT2D eigenvalue weighted by atomic mass is 9.88. The van der Waals surface area contributed by atoms with E-state index < -0.39 is 0 Å². The number of aliphatic imine (C=N–C) groups is 1. The molecule has 0 saturated carbocycles. The molecule has 0 radical (unpaired) electrons. The molecule has 3 nitrogen and oxygen atoms in total. The highest BCUT2D eigenvalue weighted by Gasteiger charge is 2.29. The summed E-state index contributed by atoms with van der Waals surface area (Å²) in [7, 11) is 0. The molecule has 54 heavy (non-hydrogen) atoms. The molecule has 3 heteroatoms. The molecule has 1 heterocycles. The number of amidine groups is 1. The van der Waals surface area contributed by atoms with Gasteiger partial charge in [0.25, 0.3) is 0 Å². The topological polar surface area (TPSA) is 41.0 Å². The Bertz CT molecular complexity index is 2810. The SMILES string of the molecule is c1ccc(-c2ccc(C3=NC(c4ccccc4)[NH2+]C(c4ccc(-c5c(-c6ccc7c(ccc8ccccc87)c6)ccc6ccccc56)cc4)N3)cc2)cc1. The highest BCUT2D eigenvalue weighted by molar-refractivity contribution is 6.10. The molecular weight excluding hydrogens is 655 g/mol. The molecule has 0 aliphatic carbocycles. The maximum absolute atomic E-state index is 5.23. The fraction of sp³-hybridized carbons (Fsp3) is 0.0392. The second-order valence-electron chi connectivity index (χ2n) is 14.1. The number of hydrogen-bond donors (Lipinski definition) is 2. The van der Waals surface area contributed by atoms with Crippen molar-refractivity contribution in [1.82, 2.24) is 5.32 Å². The second-order valence-corrected chi connectivity index (χ2v) is 14.1. The fourth-order valence-electron chi connectivity index (χ4n) is 8.10. The number of nitrogens with two attached hydrogens (primary N) is 1. The van der Waals surface area contributed by atoms with Gasteiger partial charge in [-0.2, -0.15) is 0 Å². The van der Waals surface area contributed by atoms with Gasteiger partial charge < -0.3 is 5.32 Å². The van der Waals surface area contributed by atoms with E-state index in [1.807, 2.05) is 0 Å². The molecule has 9 aromatic carbocycles. The van der Waals surface area contributed by atoms with Crippen LogP contribution in [0.3, 0.4) is 0 Å². The number of nitrogens with zero attached hydrogens (tertiary/aromatic N) is 1. The molecule has 2 unspecified atom stereocenters. The number of quaternary nitrogens is 1. The van der Waals surface area contributed by atoms with Crippen molar-refractivity contribution in [2.24, 2.45) is 4.99 Å². The number of rotatable bonds is 6. The maximum Gasteiger partial charge on any atom is 0.209 e. The predicted molar refractivity (Wildman–Crippen MR) is 225 cm³/mol. The molecule has 10 rings (SSSR count). The summed E-state index contributed by atoms with van der Waals surface area (Å²) >= 11 is 0. The summed E-state index contributed by atoms with van der Waals surface area (Å²) in [5, 5.41) is 13.7. The van der Waals surface area contributed by atoms with Crippen LogP contribution in [0.2, 0.25) is 0 Å². The molecule has 0 saturated heterocycles. The Labute approximate surface area is 315 Å². The molecule has 1 aliphatic rings. The van der Waals surface area contributed by atoms with Crippen LogP contribution < -0.4 is 10.6 Å². The van der Waals surface area contributed by atoms with E-state index in [1.165, 1.54) is 76.8 Å². The van der Waals surface area contributed by atoms with Gasteiger partial charge in [0, 0.05) is 16.7 Å². The molecule has 0 spiro atoms. The Morgan fingerprint density at radius 2 is 0.944 bits per heavy atom. The number of benzene rings is 9. The van der Waals surface area contributed by atoms with Crippen LogP contribution >= 0.6 is 0 Å². The first-order valence-corrected chi connectivity index (χ1v) is 18.7. The van der Waals surface area contributed by atoms with E-state index in [2.05, 4.69) is 211 Å². The van der Waals surface area contributed by atoms with Crippen molar-refractivity contribution < 1.29 is 5.32 Å². The molecule has 0 aromatic heterocycles. The summed E-state index contributed by atoms with van der Waals surface area (Å²) < 4.78 is 0. The van der Waals surface area contributed by atoms with Gasteiger partial charge in [0.1, 0.15) is 5.84 Å². The summed E-state index contributed by atoms with van der Waals surface area (Å²) in [4.78, 5) is 5.23. The Balaban J connectivity index is 1.02. The average molecular weight is 693 g/mol. The van der Waals surface area contributed by atoms with Crippen LogP contribution in [0, 0.1) is 0 Å². The summed E-state index contributed by atoms with van der Waals surface area (Å²) in [6, 6.07) is 72.3. The largest absolute Gasteiger partial charge is 0.317 e. The molecule has 2 atom stereocenters. The van der Waals surface area contributed by atoms with Crippen molar-refractivity contribution in [3.05, 3.63) is 217 Å². The van der Waals surface area contributed by atoms with Crippen molar-refractivity contribution in [2.45, 2.75) is 12.3 Å². The van der Waals surface area contributed by atoms with Gasteiger partial charge in [-0.25, -0.2) is 4.99 Å². The predicted octanol–water partition coefficient (Wildman–Crippen LogP) is 11.5. The Hall–Kier alpha value is -6.81. The fourth-order valence-corrected chi connectivity index (χ4v) is 8.10. The molecule has 256 valence electrons. The van der Waals surface area contributed by atoms with Gasteiger partial charge in [0.15, 0.2) is 6.17 Å². The Morgan fingerprint density at radius 1 is 0.389 bits per heavy atom. The minimum Gasteiger partial charge on any atom is -0.317 e. The molecular formula is C51H38N3+. The number of fused-ring (bicyclic) bond motifs is 4. The van der Waals surface area contributed by atoms with Crippen LogP contribution in [-0.2, 0) is 0 Å². The van der Waals surface area contributed by atoms with E-state index in [-0.39, 0.29) is 12.3 Å². The zero-order valence-electron chi connectivity index (χ0n) is 29.7. The van der Waals surface area contributed by atoms with E-state index in [0.29, 0.717) is 0 Å². The summed E-state index contributed by atoms with van der Waals surface area (Å²) in [5.74, 6) is 0.903. The Kier molecular flexibility index (Phi) is 8.05. The third-order valence-electron chi connectivity index (χ3n) is 10.9. The standard InChI is InChI=1S/C51H37N3/c1-3-11-34(12-4-1)35-19-24-40(25-20-35)50-52-49(39-15-5-2-6-16-39)53-51(54-50)41-26-22-38(23-27-41)48-46-18-10-8-14-37(46)29-32-47(48)43-30-31-45-42(33-43)28-21-36-13-7-9-17-44(36)45/h1-33,49,51,53H,(H,52,54)/p+1. The van der Waals surface area contributed by atoms with Crippen LogP contribution in [-0.4, -0.2) is 5.84 Å². The van der Waals surface area contributed by atoms with E-state index in [4.69, 9.17) is 4.99 Å². The minimum atomic E-state index is -0.0735. The first-order chi connectivity index (χ1) is 26.7. The molecule has 0 amide bonds. The van der Waals surface area contributed by atoms with Gasteiger partial charge in [-0.3, -0.25) is 5.32 Å². The highest BCUT2D eigenvalue weighted by Crippen LogP contribution is 2.40. The Morgan fingerprint density at radius 3 is 1.72 bits per heavy atom. The van der Waals surface area contributed by atoms with Crippen molar-refractivity contribution in [3.63, 3.8) is 0 Å². The summed E-state index contributed by atoms with van der Waals surface area (Å²) in [5.41, 5.74) is 10.8. The number of nitrogens with one attached hydrogen (secondary N) is 1. The van der Waals surface area contributed by atoms with E-state index in [1.54, 1.807) is 0 Å². The zero-order valence-corrected chi connectivity index (χ0v) is 29.7. The van der Waals surface area contributed by atoms with E-state index in [9.17, 15) is 0 Å². The van der Waals surface area contributed by atoms with Crippen LogP contribution in [0.5, 0.6) is 0 Å². The quantitative estimate of drug-likeness (QED) is 0.167. The normalized spacial score (nSPS) is 15.6. The van der Waals surface area contributed by atoms with Gasteiger partial charge >= 0.3 is 0 Å². The average Bonchev–Trinajstić information content (AvgIpc) is 3.26. The van der Waals surface area contributed by atoms with Crippen molar-refractivity contribution >= 4 is 38.2 Å². The molecule has 9 aromatic rings. The molecule has 0 fully saturated rings. The van der Waals surface area contributed by atoms with Gasteiger partial charge in [-0.1, -0.05) is 194 Å². The molecule has 0 bridgehead atoms. The van der Waals surface area contributed by atoms with Gasteiger partial charge in [0.05, 0.1) is 0 Å². The smallest absolute Gasteiger partial charge is 0.209 e. The van der Waals surface area contributed by atoms with Crippen LogP contribution in [0.1, 0.15) is 29.0 Å². The monoisotopic (exact) mass is 692 g/mol. The van der Waals surface area contributed by atoms with E-state index >= 15 is 0 Å². The number of hydrogen-bond acceptors (Lipinski definition) is 2. The summed E-state index contributed by atoms with van der Waals surface area (Å²) in [6.07, 6.45) is -0.0940. The minimum absolute atomic E-state index is 0.0205. The lowest BCUT2D eigenvalue weighted by molar-refractivity contribution is -0.739. The highest BCUT2D eigenvalue weighted by atomic mass is 15.3. The second kappa shape index (κ2) is 13.6. The van der Waals surface area contributed by atoms with Crippen molar-refractivity contribution in [3.8, 4) is 33.4 Å². The third-order valence-corrected chi connectivity index (χ3v) is 10.9. The van der Waals surface area contributed by atoms with Crippen LogP contribution in [0.15, 0.2) is 205 Å². The zero-order chi connectivity index (χ0) is 35.8. The molecule has 3 N–H and O–H groups in total.